The molecule has 3 aromatic carbocycles. The van der Waals surface area contributed by atoms with Crippen LogP contribution in [-0.2, 0) is 19.6 Å². The molecule has 0 radical (unpaired) electrons. The number of nitrogens with zero attached hydrogens (tertiary/aromatic N) is 3. The van der Waals surface area contributed by atoms with Crippen LogP contribution in [0.2, 0.25) is 0 Å². The standard InChI is InChI=1S/C24H25N3O/c28-14-13-26(19-23-11-6-10-22-9-4-5-12-24(22)23)16-21-15-25-27(18-21)17-20-7-2-1-3-8-20/h1-12,15,18,28H,13-14,16-17,19H2. The summed E-state index contributed by atoms with van der Waals surface area (Å²) in [6, 6.07) is 25.2. The van der Waals surface area contributed by atoms with Crippen molar-refractivity contribution in [2.45, 2.75) is 19.6 Å². The summed E-state index contributed by atoms with van der Waals surface area (Å²) in [7, 11) is 0. The van der Waals surface area contributed by atoms with Crippen molar-refractivity contribution in [2.75, 3.05) is 13.2 Å². The molecule has 0 amide bonds. The molecular formula is C24H25N3O. The van der Waals surface area contributed by atoms with Gasteiger partial charge in [0.1, 0.15) is 0 Å². The normalized spacial score (nSPS) is 11.4. The summed E-state index contributed by atoms with van der Waals surface area (Å²) < 4.78 is 1.97. The maximum absolute atomic E-state index is 9.54. The van der Waals surface area contributed by atoms with Crippen LogP contribution in [0, 0.1) is 0 Å². The van der Waals surface area contributed by atoms with Gasteiger partial charge in [-0.3, -0.25) is 9.58 Å². The molecule has 0 aliphatic rings. The lowest BCUT2D eigenvalue weighted by Crippen LogP contribution is -2.26. The smallest absolute Gasteiger partial charge is 0.0659 e. The van der Waals surface area contributed by atoms with E-state index in [1.165, 1.54) is 21.9 Å². The van der Waals surface area contributed by atoms with E-state index in [4.69, 9.17) is 0 Å². The first-order chi connectivity index (χ1) is 13.8. The minimum Gasteiger partial charge on any atom is -0.395 e. The molecular weight excluding hydrogens is 346 g/mol. The van der Waals surface area contributed by atoms with Gasteiger partial charge in [0.2, 0.25) is 0 Å². The fourth-order valence-electron chi connectivity index (χ4n) is 3.63. The van der Waals surface area contributed by atoms with Gasteiger partial charge in [-0.2, -0.15) is 5.10 Å². The second-order valence-electron chi connectivity index (χ2n) is 7.10. The molecule has 4 rings (SSSR count). The number of benzene rings is 3. The first kappa shape index (κ1) is 18.4. The Labute approximate surface area is 165 Å². The number of hydrogen-bond acceptors (Lipinski definition) is 3. The van der Waals surface area contributed by atoms with Crippen LogP contribution in [0.15, 0.2) is 85.2 Å². The monoisotopic (exact) mass is 371 g/mol. The van der Waals surface area contributed by atoms with Gasteiger partial charge < -0.3 is 5.11 Å². The zero-order valence-corrected chi connectivity index (χ0v) is 15.9. The predicted octanol–water partition coefficient (Wildman–Crippen LogP) is 4.08. The molecule has 1 heterocycles. The van der Waals surface area contributed by atoms with Crippen LogP contribution < -0.4 is 0 Å². The summed E-state index contributed by atoms with van der Waals surface area (Å²) in [5.41, 5.74) is 3.67. The van der Waals surface area contributed by atoms with Crippen molar-refractivity contribution < 1.29 is 5.11 Å². The van der Waals surface area contributed by atoms with Crippen LogP contribution in [0.5, 0.6) is 0 Å². The summed E-state index contributed by atoms with van der Waals surface area (Å²) >= 11 is 0. The molecule has 0 aliphatic carbocycles. The van der Waals surface area contributed by atoms with Crippen LogP contribution in [0.4, 0.5) is 0 Å². The van der Waals surface area contributed by atoms with Crippen molar-refractivity contribution >= 4 is 10.8 Å². The number of rotatable bonds is 8. The topological polar surface area (TPSA) is 41.3 Å². The van der Waals surface area contributed by atoms with E-state index in [0.29, 0.717) is 6.54 Å². The molecule has 142 valence electrons. The zero-order chi connectivity index (χ0) is 19.2. The van der Waals surface area contributed by atoms with Crippen LogP contribution in [0.3, 0.4) is 0 Å². The van der Waals surface area contributed by atoms with Crippen molar-refractivity contribution in [1.82, 2.24) is 14.7 Å². The van der Waals surface area contributed by atoms with Gasteiger partial charge in [0.05, 0.1) is 19.3 Å². The fourth-order valence-corrected chi connectivity index (χ4v) is 3.63. The van der Waals surface area contributed by atoms with Crippen molar-refractivity contribution in [1.29, 1.82) is 0 Å². The first-order valence-electron chi connectivity index (χ1n) is 9.67. The molecule has 4 aromatic rings. The maximum atomic E-state index is 9.54. The summed E-state index contributed by atoms with van der Waals surface area (Å²) in [5.74, 6) is 0. The Kier molecular flexibility index (Phi) is 5.80. The quantitative estimate of drug-likeness (QED) is 0.507. The van der Waals surface area contributed by atoms with Gasteiger partial charge in [0.25, 0.3) is 0 Å². The Bertz CT molecular complexity index is 1020. The first-order valence-corrected chi connectivity index (χ1v) is 9.67. The molecule has 0 saturated heterocycles. The van der Waals surface area contributed by atoms with Crippen molar-refractivity contribution in [3.8, 4) is 0 Å². The highest BCUT2D eigenvalue weighted by molar-refractivity contribution is 5.85. The van der Waals surface area contributed by atoms with E-state index in [9.17, 15) is 5.11 Å². The van der Waals surface area contributed by atoms with E-state index in [1.807, 2.05) is 29.1 Å². The van der Waals surface area contributed by atoms with E-state index in [-0.39, 0.29) is 6.61 Å². The number of fused-ring (bicyclic) bond motifs is 1. The highest BCUT2D eigenvalue weighted by Crippen LogP contribution is 2.20. The Hall–Kier alpha value is -2.95. The van der Waals surface area contributed by atoms with Crippen molar-refractivity contribution in [2.24, 2.45) is 0 Å². The molecule has 28 heavy (non-hydrogen) atoms. The Morgan fingerprint density at radius 1 is 0.821 bits per heavy atom. The van der Waals surface area contributed by atoms with Crippen LogP contribution in [0.25, 0.3) is 10.8 Å². The molecule has 0 fully saturated rings. The zero-order valence-electron chi connectivity index (χ0n) is 15.9. The molecule has 4 nitrogen and oxygen atoms in total. The molecule has 0 saturated carbocycles. The number of aromatic nitrogens is 2. The molecule has 0 bridgehead atoms. The molecule has 0 spiro atoms. The molecule has 0 unspecified atom stereocenters. The minimum atomic E-state index is 0.142. The number of hydrogen-bond donors (Lipinski definition) is 1. The van der Waals surface area contributed by atoms with Crippen LogP contribution in [0.1, 0.15) is 16.7 Å². The van der Waals surface area contributed by atoms with Gasteiger partial charge in [-0.15, -0.1) is 0 Å². The van der Waals surface area contributed by atoms with Gasteiger partial charge in [-0.25, -0.2) is 0 Å². The van der Waals surface area contributed by atoms with Gasteiger partial charge in [0.15, 0.2) is 0 Å². The van der Waals surface area contributed by atoms with Crippen molar-refractivity contribution in [3.63, 3.8) is 0 Å². The Morgan fingerprint density at radius 3 is 2.46 bits per heavy atom. The lowest BCUT2D eigenvalue weighted by molar-refractivity contribution is 0.185. The SMILES string of the molecule is OCCN(Cc1cnn(Cc2ccccc2)c1)Cc1cccc2ccccc12. The number of aliphatic hydroxyl groups is 1. The fraction of sp³-hybridized carbons (Fsp3) is 0.208. The van der Waals surface area contributed by atoms with E-state index < -0.39 is 0 Å². The average Bonchev–Trinajstić information content (AvgIpc) is 3.16. The molecule has 1 N–H and O–H groups in total. The van der Waals surface area contributed by atoms with Crippen LogP contribution in [-0.4, -0.2) is 32.9 Å². The van der Waals surface area contributed by atoms with E-state index in [0.717, 1.165) is 25.2 Å². The third-order valence-corrected chi connectivity index (χ3v) is 4.97. The van der Waals surface area contributed by atoms with E-state index in [1.54, 1.807) is 0 Å². The molecule has 4 heteroatoms. The highest BCUT2D eigenvalue weighted by atomic mass is 16.3. The summed E-state index contributed by atoms with van der Waals surface area (Å²) in [6.07, 6.45) is 4.02. The lowest BCUT2D eigenvalue weighted by Gasteiger charge is -2.21. The average molecular weight is 371 g/mol. The maximum Gasteiger partial charge on any atom is 0.0659 e. The third kappa shape index (κ3) is 4.47. The largest absolute Gasteiger partial charge is 0.395 e. The molecule has 0 aliphatic heterocycles. The van der Waals surface area contributed by atoms with Crippen LogP contribution >= 0.6 is 0 Å². The van der Waals surface area contributed by atoms with Gasteiger partial charge >= 0.3 is 0 Å². The summed E-state index contributed by atoms with van der Waals surface area (Å²) in [4.78, 5) is 2.27. The van der Waals surface area contributed by atoms with Gasteiger partial charge in [0, 0.05) is 31.4 Å². The highest BCUT2D eigenvalue weighted by Gasteiger charge is 2.10. The summed E-state index contributed by atoms with van der Waals surface area (Å²) in [6.45, 7) is 3.10. The Morgan fingerprint density at radius 2 is 1.61 bits per heavy atom. The molecule has 1 aromatic heterocycles. The number of aliphatic hydroxyl groups excluding tert-OH is 1. The van der Waals surface area contributed by atoms with E-state index >= 15 is 0 Å². The third-order valence-electron chi connectivity index (χ3n) is 4.97. The van der Waals surface area contributed by atoms with E-state index in [2.05, 4.69) is 70.8 Å². The van der Waals surface area contributed by atoms with Gasteiger partial charge in [-0.1, -0.05) is 72.8 Å². The molecule has 0 atom stereocenters. The Balaban J connectivity index is 1.48. The lowest BCUT2D eigenvalue weighted by atomic mass is 10.0. The summed E-state index contributed by atoms with van der Waals surface area (Å²) in [5, 5.41) is 16.6. The van der Waals surface area contributed by atoms with Gasteiger partial charge in [-0.05, 0) is 21.9 Å². The second-order valence-corrected chi connectivity index (χ2v) is 7.10. The second kappa shape index (κ2) is 8.83. The minimum absolute atomic E-state index is 0.142. The van der Waals surface area contributed by atoms with Crippen molar-refractivity contribution in [3.05, 3.63) is 102 Å². The predicted molar refractivity (Wildman–Crippen MR) is 113 cm³/mol.